The fourth-order valence-corrected chi connectivity index (χ4v) is 4.50. The van der Waals surface area contributed by atoms with Gasteiger partial charge in [-0.2, -0.15) is 4.98 Å². The molecule has 0 N–H and O–H groups in total. The molecular formula is C21H22ClN5O4. The van der Waals surface area contributed by atoms with Crippen LogP contribution in [-0.2, 0) is 25.4 Å². The maximum absolute atomic E-state index is 12.9. The van der Waals surface area contributed by atoms with Crippen molar-refractivity contribution >= 4 is 28.5 Å². The highest BCUT2D eigenvalue weighted by Gasteiger charge is 2.24. The summed E-state index contributed by atoms with van der Waals surface area (Å²) in [6.45, 7) is 1.31. The highest BCUT2D eigenvalue weighted by atomic mass is 35.5. The Morgan fingerprint density at radius 3 is 2.74 bits per heavy atom. The van der Waals surface area contributed by atoms with E-state index in [4.69, 9.17) is 21.1 Å². The molecule has 162 valence electrons. The van der Waals surface area contributed by atoms with Gasteiger partial charge in [-0.05, 0) is 31.0 Å². The van der Waals surface area contributed by atoms with E-state index in [1.807, 2.05) is 29.0 Å². The third-order valence-electron chi connectivity index (χ3n) is 5.91. The number of aromatic nitrogens is 5. The summed E-state index contributed by atoms with van der Waals surface area (Å²) in [5.41, 5.74) is 1.62. The van der Waals surface area contributed by atoms with Crippen LogP contribution in [0.3, 0.4) is 0 Å². The number of methoxy groups -OCH3 is 1. The summed E-state index contributed by atoms with van der Waals surface area (Å²) in [4.78, 5) is 30.0. The van der Waals surface area contributed by atoms with Crippen molar-refractivity contribution in [1.82, 2.24) is 23.1 Å². The normalized spacial score (nSPS) is 16.6. The summed E-state index contributed by atoms with van der Waals surface area (Å²) in [7, 11) is 4.66. The minimum absolute atomic E-state index is 0.0511. The van der Waals surface area contributed by atoms with Gasteiger partial charge in [-0.15, -0.1) is 0 Å². The standard InChI is InChI=1S/C21H22ClN5O4/c1-24-18-17(19(28)25(2)21(24)29)27-11-15(12-6-7-16(30-3)14(22)9-12)26(20(27)23-18)10-13-5-4-8-31-13/h6-7,9,11,13H,4-5,8,10H2,1-3H3. The van der Waals surface area contributed by atoms with Crippen molar-refractivity contribution in [2.75, 3.05) is 13.7 Å². The molecule has 4 heterocycles. The van der Waals surface area contributed by atoms with Crippen molar-refractivity contribution in [2.45, 2.75) is 25.5 Å². The third-order valence-corrected chi connectivity index (χ3v) is 6.21. The zero-order valence-corrected chi connectivity index (χ0v) is 18.2. The maximum Gasteiger partial charge on any atom is 0.332 e. The highest BCUT2D eigenvalue weighted by molar-refractivity contribution is 6.32. The van der Waals surface area contributed by atoms with Crippen molar-refractivity contribution in [3.05, 3.63) is 50.3 Å². The molecule has 3 aromatic heterocycles. The van der Waals surface area contributed by atoms with Crippen LogP contribution < -0.4 is 16.0 Å². The van der Waals surface area contributed by atoms with Gasteiger partial charge in [0.1, 0.15) is 5.75 Å². The fraction of sp³-hybridized carbons (Fsp3) is 0.381. The topological polar surface area (TPSA) is 84.7 Å². The van der Waals surface area contributed by atoms with Crippen LogP contribution in [-0.4, -0.2) is 42.9 Å². The number of fused-ring (bicyclic) bond motifs is 3. The molecule has 1 aliphatic heterocycles. The molecule has 0 aliphatic carbocycles. The number of hydrogen-bond donors (Lipinski definition) is 0. The molecule has 0 bridgehead atoms. The van der Waals surface area contributed by atoms with E-state index in [-0.39, 0.29) is 11.7 Å². The molecule has 4 aromatic rings. The average Bonchev–Trinajstić information content (AvgIpc) is 3.47. The van der Waals surface area contributed by atoms with Crippen molar-refractivity contribution in [3.63, 3.8) is 0 Å². The highest BCUT2D eigenvalue weighted by Crippen LogP contribution is 2.32. The van der Waals surface area contributed by atoms with E-state index in [0.29, 0.717) is 34.3 Å². The number of imidazole rings is 2. The van der Waals surface area contributed by atoms with Gasteiger partial charge < -0.3 is 14.0 Å². The van der Waals surface area contributed by atoms with Crippen molar-refractivity contribution in [1.29, 1.82) is 0 Å². The van der Waals surface area contributed by atoms with Crippen LogP contribution in [0.2, 0.25) is 5.02 Å². The van der Waals surface area contributed by atoms with Crippen molar-refractivity contribution < 1.29 is 9.47 Å². The smallest absolute Gasteiger partial charge is 0.332 e. The Hall–Kier alpha value is -3.04. The molecule has 0 saturated carbocycles. The minimum Gasteiger partial charge on any atom is -0.495 e. The van der Waals surface area contributed by atoms with E-state index in [9.17, 15) is 9.59 Å². The second-order valence-electron chi connectivity index (χ2n) is 7.77. The molecule has 31 heavy (non-hydrogen) atoms. The molecule has 1 saturated heterocycles. The average molecular weight is 444 g/mol. The first-order valence-electron chi connectivity index (χ1n) is 10.0. The Morgan fingerprint density at radius 1 is 1.26 bits per heavy atom. The third kappa shape index (κ3) is 2.99. The summed E-state index contributed by atoms with van der Waals surface area (Å²) in [5.74, 6) is 1.16. The van der Waals surface area contributed by atoms with Crippen LogP contribution in [0, 0.1) is 0 Å². The largest absolute Gasteiger partial charge is 0.495 e. The molecule has 0 spiro atoms. The van der Waals surface area contributed by atoms with E-state index in [1.54, 1.807) is 18.6 Å². The van der Waals surface area contributed by atoms with E-state index >= 15 is 0 Å². The van der Waals surface area contributed by atoms with E-state index in [1.165, 1.54) is 11.6 Å². The minimum atomic E-state index is -0.411. The first-order valence-corrected chi connectivity index (χ1v) is 10.4. The maximum atomic E-state index is 12.9. The number of rotatable bonds is 4. The Balaban J connectivity index is 1.81. The van der Waals surface area contributed by atoms with Gasteiger partial charge in [-0.1, -0.05) is 11.6 Å². The molecule has 9 nitrogen and oxygen atoms in total. The van der Waals surface area contributed by atoms with Crippen LogP contribution in [0.1, 0.15) is 12.8 Å². The predicted octanol–water partition coefficient (Wildman–Crippen LogP) is 2.19. The summed E-state index contributed by atoms with van der Waals surface area (Å²) < 4.78 is 17.4. The van der Waals surface area contributed by atoms with Gasteiger partial charge in [0.05, 0.1) is 30.5 Å². The summed E-state index contributed by atoms with van der Waals surface area (Å²) in [5, 5.41) is 0.491. The van der Waals surface area contributed by atoms with Gasteiger partial charge in [0, 0.05) is 32.5 Å². The van der Waals surface area contributed by atoms with Crippen LogP contribution >= 0.6 is 11.6 Å². The lowest BCUT2D eigenvalue weighted by atomic mass is 10.1. The summed E-state index contributed by atoms with van der Waals surface area (Å²) >= 11 is 6.38. The first-order chi connectivity index (χ1) is 14.9. The summed E-state index contributed by atoms with van der Waals surface area (Å²) in [6, 6.07) is 5.56. The van der Waals surface area contributed by atoms with Crippen LogP contribution in [0.15, 0.2) is 34.0 Å². The number of benzene rings is 1. The Morgan fingerprint density at radius 2 is 2.06 bits per heavy atom. The molecule has 1 aromatic carbocycles. The zero-order chi connectivity index (χ0) is 21.9. The van der Waals surface area contributed by atoms with Crippen molar-refractivity contribution in [3.8, 4) is 17.0 Å². The Labute approximate surface area is 182 Å². The van der Waals surface area contributed by atoms with E-state index in [2.05, 4.69) is 4.98 Å². The Kier molecular flexibility index (Phi) is 4.67. The molecule has 0 amide bonds. The molecule has 5 rings (SSSR count). The lowest BCUT2D eigenvalue weighted by Gasteiger charge is -2.14. The number of hydrogen-bond acceptors (Lipinski definition) is 5. The van der Waals surface area contributed by atoms with Crippen LogP contribution in [0.25, 0.3) is 28.2 Å². The molecular weight excluding hydrogens is 422 g/mol. The quantitative estimate of drug-likeness (QED) is 0.482. The van der Waals surface area contributed by atoms with Crippen LogP contribution in [0.5, 0.6) is 5.75 Å². The van der Waals surface area contributed by atoms with E-state index < -0.39 is 5.69 Å². The number of aryl methyl sites for hydroxylation is 1. The first kappa shape index (κ1) is 19.9. The van der Waals surface area contributed by atoms with Gasteiger partial charge in [-0.25, -0.2) is 4.79 Å². The number of nitrogens with zero attached hydrogens (tertiary/aromatic N) is 5. The Bertz CT molecular complexity index is 1440. The molecule has 1 fully saturated rings. The van der Waals surface area contributed by atoms with Gasteiger partial charge in [0.2, 0.25) is 5.78 Å². The summed E-state index contributed by atoms with van der Waals surface area (Å²) in [6.07, 6.45) is 3.88. The van der Waals surface area contributed by atoms with Crippen molar-refractivity contribution in [2.24, 2.45) is 14.1 Å². The molecule has 0 radical (unpaired) electrons. The van der Waals surface area contributed by atoms with Crippen LogP contribution in [0.4, 0.5) is 0 Å². The van der Waals surface area contributed by atoms with Gasteiger partial charge in [0.25, 0.3) is 5.56 Å². The predicted molar refractivity (Wildman–Crippen MR) is 117 cm³/mol. The molecule has 1 atom stereocenters. The number of ether oxygens (including phenoxy) is 2. The number of halogens is 1. The lowest BCUT2D eigenvalue weighted by Crippen LogP contribution is -2.37. The molecule has 1 aliphatic rings. The second-order valence-corrected chi connectivity index (χ2v) is 8.18. The lowest BCUT2D eigenvalue weighted by molar-refractivity contribution is 0.0981. The van der Waals surface area contributed by atoms with Gasteiger partial charge >= 0.3 is 5.69 Å². The second kappa shape index (κ2) is 7.28. The SMILES string of the molecule is COc1ccc(-c2cn3c4c(=O)n(C)c(=O)n(C)c4nc3n2CC2CCCO2)cc1Cl. The zero-order valence-electron chi connectivity index (χ0n) is 17.5. The van der Waals surface area contributed by atoms with Gasteiger partial charge in [-0.3, -0.25) is 18.3 Å². The van der Waals surface area contributed by atoms with Gasteiger partial charge in [0.15, 0.2) is 11.2 Å². The monoisotopic (exact) mass is 443 g/mol. The van der Waals surface area contributed by atoms with E-state index in [0.717, 1.165) is 35.3 Å². The molecule has 1 unspecified atom stereocenters. The fourth-order valence-electron chi connectivity index (χ4n) is 4.24. The molecule has 10 heteroatoms.